The minimum atomic E-state index is -0.166. The minimum Gasteiger partial charge on any atom is -0.356 e. The first kappa shape index (κ1) is 18.8. The summed E-state index contributed by atoms with van der Waals surface area (Å²) in [5, 5.41) is 9.40. The molecular formula is C15H20FIN4S. The van der Waals surface area contributed by atoms with Crippen LogP contribution in [-0.4, -0.2) is 24.5 Å². The van der Waals surface area contributed by atoms with Crippen LogP contribution >= 0.6 is 35.3 Å². The Balaban J connectivity index is 0.00000242. The number of hydrogen-bond donors (Lipinski definition) is 2. The molecule has 0 spiro atoms. The first-order valence-corrected chi connectivity index (χ1v) is 7.66. The average molecular weight is 434 g/mol. The molecular weight excluding hydrogens is 414 g/mol. The van der Waals surface area contributed by atoms with Gasteiger partial charge in [-0.3, -0.25) is 4.99 Å². The lowest BCUT2D eigenvalue weighted by Crippen LogP contribution is -2.37. The Hall–Kier alpha value is -1.22. The van der Waals surface area contributed by atoms with E-state index in [4.69, 9.17) is 0 Å². The number of rotatable bonds is 5. The van der Waals surface area contributed by atoms with E-state index < -0.39 is 0 Å². The van der Waals surface area contributed by atoms with E-state index >= 15 is 0 Å². The maximum Gasteiger partial charge on any atom is 0.191 e. The third-order valence-corrected chi connectivity index (χ3v) is 3.91. The van der Waals surface area contributed by atoms with Gasteiger partial charge in [0, 0.05) is 24.7 Å². The van der Waals surface area contributed by atoms with Gasteiger partial charge in [-0.1, -0.05) is 18.2 Å². The SMILES string of the molecule is CN=C(NCCc1ccccc1F)NCc1nc(C)cs1.I. The second kappa shape index (κ2) is 9.73. The van der Waals surface area contributed by atoms with Crippen molar-refractivity contribution >= 4 is 41.3 Å². The van der Waals surface area contributed by atoms with Crippen molar-refractivity contribution in [1.82, 2.24) is 15.6 Å². The molecule has 7 heteroatoms. The fourth-order valence-electron chi connectivity index (χ4n) is 1.88. The van der Waals surface area contributed by atoms with Gasteiger partial charge in [-0.2, -0.15) is 0 Å². The summed E-state index contributed by atoms with van der Waals surface area (Å²) < 4.78 is 13.5. The van der Waals surface area contributed by atoms with Gasteiger partial charge < -0.3 is 10.6 Å². The number of aliphatic imine (C=N–C) groups is 1. The molecule has 1 aromatic heterocycles. The van der Waals surface area contributed by atoms with E-state index in [1.807, 2.05) is 18.4 Å². The summed E-state index contributed by atoms with van der Waals surface area (Å²) in [4.78, 5) is 8.52. The van der Waals surface area contributed by atoms with Crippen molar-refractivity contribution in [1.29, 1.82) is 0 Å². The summed E-state index contributed by atoms with van der Waals surface area (Å²) >= 11 is 1.62. The molecule has 0 fully saturated rings. The molecule has 1 heterocycles. The Kier molecular flexibility index (Phi) is 8.32. The molecule has 2 rings (SSSR count). The molecule has 0 atom stereocenters. The quantitative estimate of drug-likeness (QED) is 0.432. The van der Waals surface area contributed by atoms with Crippen LogP contribution in [0.25, 0.3) is 0 Å². The van der Waals surface area contributed by atoms with Crippen molar-refractivity contribution < 1.29 is 4.39 Å². The van der Waals surface area contributed by atoms with Crippen molar-refractivity contribution in [3.05, 3.63) is 51.7 Å². The molecule has 1 aromatic carbocycles. The van der Waals surface area contributed by atoms with Gasteiger partial charge in [0.25, 0.3) is 0 Å². The third kappa shape index (κ3) is 5.88. The molecule has 0 bridgehead atoms. The van der Waals surface area contributed by atoms with Crippen molar-refractivity contribution in [3.63, 3.8) is 0 Å². The highest BCUT2D eigenvalue weighted by molar-refractivity contribution is 14.0. The predicted octanol–water partition coefficient (Wildman–Crippen LogP) is 3.12. The standard InChI is InChI=1S/C15H19FN4S.HI/c1-11-10-21-14(20-11)9-19-15(17-2)18-8-7-12-5-3-4-6-13(12)16;/h3-6,10H,7-9H2,1-2H3,(H2,17,18,19);1H. The highest BCUT2D eigenvalue weighted by atomic mass is 127. The van der Waals surface area contributed by atoms with E-state index in [1.54, 1.807) is 30.5 Å². The number of guanidine groups is 1. The zero-order valence-electron chi connectivity index (χ0n) is 12.6. The predicted molar refractivity (Wildman–Crippen MR) is 101 cm³/mol. The molecule has 0 unspecified atom stereocenters. The van der Waals surface area contributed by atoms with Gasteiger partial charge in [0.15, 0.2) is 5.96 Å². The van der Waals surface area contributed by atoms with Crippen LogP contribution < -0.4 is 10.6 Å². The number of nitrogens with one attached hydrogen (secondary N) is 2. The zero-order chi connectivity index (χ0) is 15.1. The van der Waals surface area contributed by atoms with Crippen LogP contribution in [0.4, 0.5) is 4.39 Å². The van der Waals surface area contributed by atoms with Crippen molar-refractivity contribution in [2.24, 2.45) is 4.99 Å². The lowest BCUT2D eigenvalue weighted by Gasteiger charge is -2.11. The maximum absolute atomic E-state index is 13.5. The van der Waals surface area contributed by atoms with Crippen molar-refractivity contribution in [3.8, 4) is 0 Å². The number of hydrogen-bond acceptors (Lipinski definition) is 3. The largest absolute Gasteiger partial charge is 0.356 e. The molecule has 2 aromatic rings. The van der Waals surface area contributed by atoms with Gasteiger partial charge in [-0.05, 0) is 25.0 Å². The number of thiazole rings is 1. The zero-order valence-corrected chi connectivity index (χ0v) is 15.7. The maximum atomic E-state index is 13.5. The van der Waals surface area contributed by atoms with Gasteiger partial charge in [0.1, 0.15) is 10.8 Å². The average Bonchev–Trinajstić information content (AvgIpc) is 2.90. The van der Waals surface area contributed by atoms with E-state index in [2.05, 4.69) is 20.6 Å². The Morgan fingerprint density at radius 1 is 1.32 bits per heavy atom. The number of aromatic nitrogens is 1. The van der Waals surface area contributed by atoms with Crippen LogP contribution in [0, 0.1) is 12.7 Å². The van der Waals surface area contributed by atoms with Crippen LogP contribution in [-0.2, 0) is 13.0 Å². The van der Waals surface area contributed by atoms with E-state index in [9.17, 15) is 4.39 Å². The summed E-state index contributed by atoms with van der Waals surface area (Å²) in [6.07, 6.45) is 0.615. The normalized spacial score (nSPS) is 11.0. The molecule has 22 heavy (non-hydrogen) atoms. The van der Waals surface area contributed by atoms with E-state index in [-0.39, 0.29) is 29.8 Å². The first-order chi connectivity index (χ1) is 10.2. The minimum absolute atomic E-state index is 0. The van der Waals surface area contributed by atoms with Crippen LogP contribution in [0.5, 0.6) is 0 Å². The molecule has 0 amide bonds. The summed E-state index contributed by atoms with van der Waals surface area (Å²) in [5.41, 5.74) is 1.73. The number of halogens is 2. The van der Waals surface area contributed by atoms with Gasteiger partial charge >= 0.3 is 0 Å². The number of aryl methyl sites for hydroxylation is 1. The summed E-state index contributed by atoms with van der Waals surface area (Å²) in [6, 6.07) is 6.82. The Morgan fingerprint density at radius 2 is 2.09 bits per heavy atom. The van der Waals surface area contributed by atoms with Crippen LogP contribution in [0.1, 0.15) is 16.3 Å². The molecule has 0 aliphatic heterocycles. The van der Waals surface area contributed by atoms with Crippen molar-refractivity contribution in [2.45, 2.75) is 19.9 Å². The topological polar surface area (TPSA) is 49.3 Å². The molecule has 0 radical (unpaired) electrons. The third-order valence-electron chi connectivity index (χ3n) is 2.94. The van der Waals surface area contributed by atoms with E-state index in [1.165, 1.54) is 6.07 Å². The smallest absolute Gasteiger partial charge is 0.191 e. The number of nitrogens with zero attached hydrogens (tertiary/aromatic N) is 2. The Morgan fingerprint density at radius 3 is 2.73 bits per heavy atom. The van der Waals surface area contributed by atoms with Gasteiger partial charge in [-0.15, -0.1) is 35.3 Å². The highest BCUT2D eigenvalue weighted by Gasteiger charge is 2.03. The van der Waals surface area contributed by atoms with Crippen molar-refractivity contribution in [2.75, 3.05) is 13.6 Å². The molecule has 0 aliphatic carbocycles. The summed E-state index contributed by atoms with van der Waals surface area (Å²) in [7, 11) is 1.71. The molecule has 0 saturated carbocycles. The molecule has 0 aliphatic rings. The second-order valence-corrected chi connectivity index (χ2v) is 5.52. The Labute approximate surface area is 151 Å². The molecule has 2 N–H and O–H groups in total. The highest BCUT2D eigenvalue weighted by Crippen LogP contribution is 2.08. The van der Waals surface area contributed by atoms with Crippen LogP contribution in [0.3, 0.4) is 0 Å². The number of benzene rings is 1. The second-order valence-electron chi connectivity index (χ2n) is 4.58. The fourth-order valence-corrected chi connectivity index (χ4v) is 2.59. The monoisotopic (exact) mass is 434 g/mol. The van der Waals surface area contributed by atoms with Gasteiger partial charge in [-0.25, -0.2) is 9.37 Å². The van der Waals surface area contributed by atoms with Crippen LogP contribution in [0.2, 0.25) is 0 Å². The molecule has 120 valence electrons. The van der Waals surface area contributed by atoms with Crippen LogP contribution in [0.15, 0.2) is 34.6 Å². The summed E-state index contributed by atoms with van der Waals surface area (Å²) in [5.74, 6) is 0.527. The first-order valence-electron chi connectivity index (χ1n) is 6.78. The van der Waals surface area contributed by atoms with Gasteiger partial charge in [0.2, 0.25) is 0 Å². The Bertz CT molecular complexity index is 615. The molecule has 4 nitrogen and oxygen atoms in total. The van der Waals surface area contributed by atoms with E-state index in [0.717, 1.165) is 10.7 Å². The fraction of sp³-hybridized carbons (Fsp3) is 0.333. The summed E-state index contributed by atoms with van der Waals surface area (Å²) in [6.45, 7) is 3.23. The lowest BCUT2D eigenvalue weighted by atomic mass is 10.1. The lowest BCUT2D eigenvalue weighted by molar-refractivity contribution is 0.606. The van der Waals surface area contributed by atoms with E-state index in [0.29, 0.717) is 31.0 Å². The molecule has 0 saturated heterocycles. The van der Waals surface area contributed by atoms with Gasteiger partial charge in [0.05, 0.1) is 6.54 Å².